The highest BCUT2D eigenvalue weighted by Gasteiger charge is 2.30. The Morgan fingerprint density at radius 2 is 1.84 bits per heavy atom. The summed E-state index contributed by atoms with van der Waals surface area (Å²) in [5.74, 6) is 0.132. The fraction of sp³-hybridized carbons (Fsp3) is 0.433. The van der Waals surface area contributed by atoms with Crippen LogP contribution in [0.15, 0.2) is 65.8 Å². The van der Waals surface area contributed by atoms with Crippen molar-refractivity contribution in [3.8, 4) is 5.75 Å². The summed E-state index contributed by atoms with van der Waals surface area (Å²) >= 11 is 6.44. The van der Waals surface area contributed by atoms with Gasteiger partial charge in [-0.15, -0.1) is 4.91 Å². The van der Waals surface area contributed by atoms with E-state index < -0.39 is 24.1 Å². The minimum Gasteiger partial charge on any atom is -0.489 e. The lowest BCUT2D eigenvalue weighted by atomic mass is 9.99. The molecular formula is C30H34ClN3O4. The van der Waals surface area contributed by atoms with Gasteiger partial charge in [-0.1, -0.05) is 65.3 Å². The molecule has 0 radical (unpaired) electrons. The van der Waals surface area contributed by atoms with Crippen LogP contribution in [0, 0.1) is 4.91 Å². The summed E-state index contributed by atoms with van der Waals surface area (Å²) in [6, 6.07) is 17.8. The predicted octanol–water partition coefficient (Wildman–Crippen LogP) is 5.42. The van der Waals surface area contributed by atoms with E-state index >= 15 is 0 Å². The number of halogens is 1. The lowest BCUT2D eigenvalue weighted by Crippen LogP contribution is -2.49. The summed E-state index contributed by atoms with van der Waals surface area (Å²) in [5, 5.41) is 20.1. The van der Waals surface area contributed by atoms with E-state index in [0.717, 1.165) is 55.1 Å². The van der Waals surface area contributed by atoms with Crippen molar-refractivity contribution in [1.29, 1.82) is 0 Å². The van der Waals surface area contributed by atoms with Gasteiger partial charge in [0, 0.05) is 6.54 Å². The van der Waals surface area contributed by atoms with Crippen LogP contribution in [0.4, 0.5) is 0 Å². The van der Waals surface area contributed by atoms with Crippen molar-refractivity contribution in [2.24, 2.45) is 5.18 Å². The zero-order valence-electron chi connectivity index (χ0n) is 21.4. The third-order valence-corrected chi connectivity index (χ3v) is 7.72. The number of hydrogen-bond donors (Lipinski definition) is 2. The minimum absolute atomic E-state index is 0.216. The molecule has 3 unspecified atom stereocenters. The molecule has 1 heterocycles. The molecule has 1 amide bonds. The third-order valence-electron chi connectivity index (χ3n) is 7.43. The van der Waals surface area contributed by atoms with E-state index in [0.29, 0.717) is 35.7 Å². The monoisotopic (exact) mass is 535 g/mol. The van der Waals surface area contributed by atoms with Gasteiger partial charge in [0.25, 0.3) is 0 Å². The van der Waals surface area contributed by atoms with E-state index in [1.165, 1.54) is 0 Å². The van der Waals surface area contributed by atoms with E-state index in [9.17, 15) is 14.8 Å². The lowest BCUT2D eigenvalue weighted by Gasteiger charge is -2.29. The highest BCUT2D eigenvalue weighted by molar-refractivity contribution is 6.32. The van der Waals surface area contributed by atoms with Gasteiger partial charge in [0.1, 0.15) is 11.9 Å². The number of nitrogens with zero attached hydrogens (tertiary/aromatic N) is 2. The maximum Gasteiger partial charge on any atom is 0.248 e. The molecule has 1 aliphatic heterocycles. The number of benzene rings is 3. The normalized spacial score (nSPS) is 18.2. The molecule has 3 aromatic rings. The van der Waals surface area contributed by atoms with Gasteiger partial charge in [-0.2, -0.15) is 0 Å². The highest BCUT2D eigenvalue weighted by atomic mass is 35.5. The Morgan fingerprint density at radius 1 is 1.08 bits per heavy atom. The van der Waals surface area contributed by atoms with Crippen LogP contribution in [0.3, 0.4) is 0 Å². The van der Waals surface area contributed by atoms with Crippen LogP contribution in [0.25, 0.3) is 10.8 Å². The standard InChI is InChI=1S/C30H34ClN3O4/c31-25-18-23(10-14-28(25)38-24-11-12-24)29(35)27(19-34-15-3-4-16-34)32-30(36)26(33-37)13-8-20-7-9-21-5-1-2-6-22(21)17-20/h1-2,5-7,9-10,14,17-18,24,26-27,29,35H,3-4,8,11-13,15-16,19H2,(H,32,36). The number of amides is 1. The van der Waals surface area contributed by atoms with Crippen LogP contribution < -0.4 is 10.1 Å². The van der Waals surface area contributed by atoms with Crippen LogP contribution >= 0.6 is 11.6 Å². The number of aliphatic hydroxyl groups is 1. The molecule has 0 spiro atoms. The minimum atomic E-state index is -1.05. The average Bonchev–Trinajstić information content (AvgIpc) is 3.60. The molecule has 0 bridgehead atoms. The molecule has 0 aromatic heterocycles. The Bertz CT molecular complexity index is 1280. The summed E-state index contributed by atoms with van der Waals surface area (Å²) in [4.78, 5) is 27.1. The summed E-state index contributed by atoms with van der Waals surface area (Å²) in [6.07, 6.45) is 4.27. The second kappa shape index (κ2) is 12.2. The maximum atomic E-state index is 13.2. The van der Waals surface area contributed by atoms with Crippen LogP contribution in [0.1, 0.15) is 49.3 Å². The van der Waals surface area contributed by atoms with Crippen LogP contribution in [-0.2, 0) is 11.2 Å². The van der Waals surface area contributed by atoms with Gasteiger partial charge in [0.2, 0.25) is 5.91 Å². The zero-order valence-corrected chi connectivity index (χ0v) is 22.1. The van der Waals surface area contributed by atoms with Crippen LogP contribution in [-0.4, -0.2) is 53.7 Å². The van der Waals surface area contributed by atoms with E-state index in [4.69, 9.17) is 16.3 Å². The molecule has 1 aliphatic carbocycles. The molecule has 1 saturated heterocycles. The molecule has 2 N–H and O–H groups in total. The van der Waals surface area contributed by atoms with Crippen molar-refractivity contribution in [3.63, 3.8) is 0 Å². The second-order valence-corrected chi connectivity index (χ2v) is 10.8. The Morgan fingerprint density at radius 3 is 2.55 bits per heavy atom. The predicted molar refractivity (Wildman–Crippen MR) is 150 cm³/mol. The summed E-state index contributed by atoms with van der Waals surface area (Å²) < 4.78 is 5.82. The number of carbonyl (C=O) groups excluding carboxylic acids is 1. The summed E-state index contributed by atoms with van der Waals surface area (Å²) in [6.45, 7) is 2.29. The fourth-order valence-electron chi connectivity index (χ4n) is 5.07. The number of ether oxygens (including phenoxy) is 1. The fourth-order valence-corrected chi connectivity index (χ4v) is 5.30. The number of rotatable bonds is 12. The number of nitroso groups, excluding NO2 is 1. The van der Waals surface area contributed by atoms with Gasteiger partial charge < -0.3 is 20.1 Å². The van der Waals surface area contributed by atoms with E-state index in [2.05, 4.69) is 27.5 Å². The first-order valence-electron chi connectivity index (χ1n) is 13.5. The SMILES string of the molecule is O=NC(CCc1ccc2ccccc2c1)C(=O)NC(CN1CCCC1)C(O)c1ccc(OC2CC2)c(Cl)c1. The van der Waals surface area contributed by atoms with Crippen molar-refractivity contribution < 1.29 is 14.6 Å². The Kier molecular flexibility index (Phi) is 8.57. The van der Waals surface area contributed by atoms with Gasteiger partial charge in [-0.25, -0.2) is 0 Å². The van der Waals surface area contributed by atoms with Crippen LogP contribution in [0.5, 0.6) is 5.75 Å². The summed E-state index contributed by atoms with van der Waals surface area (Å²) in [7, 11) is 0. The number of fused-ring (bicyclic) bond motifs is 1. The van der Waals surface area contributed by atoms with Crippen molar-refractivity contribution in [1.82, 2.24) is 10.2 Å². The zero-order chi connectivity index (χ0) is 26.5. The van der Waals surface area contributed by atoms with Crippen molar-refractivity contribution in [2.45, 2.75) is 62.8 Å². The number of carbonyl (C=O) groups is 1. The number of likely N-dealkylation sites (tertiary alicyclic amines) is 1. The Labute approximate surface area is 228 Å². The molecule has 1 saturated carbocycles. The number of hydrogen-bond acceptors (Lipinski definition) is 6. The highest BCUT2D eigenvalue weighted by Crippen LogP contribution is 2.34. The van der Waals surface area contributed by atoms with Crippen molar-refractivity contribution >= 4 is 28.3 Å². The van der Waals surface area contributed by atoms with E-state index in [1.807, 2.05) is 30.3 Å². The first-order chi connectivity index (χ1) is 18.5. The van der Waals surface area contributed by atoms with Crippen molar-refractivity contribution in [2.75, 3.05) is 19.6 Å². The number of aryl methyl sites for hydroxylation is 1. The summed E-state index contributed by atoms with van der Waals surface area (Å²) in [5.41, 5.74) is 1.64. The van der Waals surface area contributed by atoms with E-state index in [-0.39, 0.29) is 6.10 Å². The van der Waals surface area contributed by atoms with Crippen molar-refractivity contribution in [3.05, 3.63) is 81.7 Å². The Balaban J connectivity index is 1.26. The number of aliphatic hydroxyl groups excluding tert-OH is 1. The molecular weight excluding hydrogens is 502 g/mol. The quantitative estimate of drug-likeness (QED) is 0.302. The molecule has 3 atom stereocenters. The molecule has 2 aliphatic rings. The smallest absolute Gasteiger partial charge is 0.248 e. The molecule has 38 heavy (non-hydrogen) atoms. The molecule has 8 heteroatoms. The largest absolute Gasteiger partial charge is 0.489 e. The Hall–Kier alpha value is -3.00. The molecule has 5 rings (SSSR count). The topological polar surface area (TPSA) is 91.2 Å². The van der Waals surface area contributed by atoms with Gasteiger partial charge in [0.15, 0.2) is 6.04 Å². The van der Waals surface area contributed by atoms with Gasteiger partial charge in [-0.3, -0.25) is 4.79 Å². The first kappa shape index (κ1) is 26.6. The average molecular weight is 536 g/mol. The second-order valence-electron chi connectivity index (χ2n) is 10.4. The van der Waals surface area contributed by atoms with Gasteiger partial charge >= 0.3 is 0 Å². The molecule has 200 valence electrons. The van der Waals surface area contributed by atoms with Crippen LogP contribution in [0.2, 0.25) is 5.02 Å². The van der Waals surface area contributed by atoms with Gasteiger partial charge in [0.05, 0.1) is 17.2 Å². The third kappa shape index (κ3) is 6.70. The molecule has 7 nitrogen and oxygen atoms in total. The maximum absolute atomic E-state index is 13.2. The van der Waals surface area contributed by atoms with E-state index in [1.54, 1.807) is 18.2 Å². The molecule has 2 fully saturated rings. The first-order valence-corrected chi connectivity index (χ1v) is 13.8. The van der Waals surface area contributed by atoms with Gasteiger partial charge in [-0.05, 0) is 85.6 Å². The molecule has 3 aromatic carbocycles. The number of nitrogens with one attached hydrogen (secondary N) is 1. The lowest BCUT2D eigenvalue weighted by molar-refractivity contribution is -0.124.